The number of rotatable bonds is 6. The summed E-state index contributed by atoms with van der Waals surface area (Å²) in [6.45, 7) is 6.03. The summed E-state index contributed by atoms with van der Waals surface area (Å²) in [5.41, 5.74) is 2.48. The quantitative estimate of drug-likeness (QED) is 0.874. The van der Waals surface area contributed by atoms with E-state index in [0.29, 0.717) is 17.7 Å². The summed E-state index contributed by atoms with van der Waals surface area (Å²) in [5, 5.41) is 3.41. The maximum absolute atomic E-state index is 12.7. The van der Waals surface area contributed by atoms with Crippen LogP contribution in [0.3, 0.4) is 0 Å². The lowest BCUT2D eigenvalue weighted by Crippen LogP contribution is -2.40. The molecule has 1 amide bonds. The van der Waals surface area contributed by atoms with Gasteiger partial charge in [0.25, 0.3) is 0 Å². The summed E-state index contributed by atoms with van der Waals surface area (Å²) >= 11 is 0. The molecule has 1 aliphatic carbocycles. The fraction of sp³-hybridized carbons (Fsp3) is 0.550. The smallest absolute Gasteiger partial charge is 0.225 e. The summed E-state index contributed by atoms with van der Waals surface area (Å²) in [6, 6.07) is 10.4. The van der Waals surface area contributed by atoms with E-state index in [4.69, 9.17) is 0 Å². The Bertz CT molecular complexity index is 542. The number of carbonyl (C=O) groups is 1. The van der Waals surface area contributed by atoms with Crippen LogP contribution in [0.4, 0.5) is 0 Å². The molecule has 0 radical (unpaired) electrons. The number of nitrogens with one attached hydrogen (secondary N) is 1. The van der Waals surface area contributed by atoms with Crippen LogP contribution >= 0.6 is 0 Å². The van der Waals surface area contributed by atoms with Gasteiger partial charge < -0.3 is 10.2 Å². The summed E-state index contributed by atoms with van der Waals surface area (Å²) in [5.74, 6) is 1.34. The number of hydrogen-bond donors (Lipinski definition) is 1. The molecule has 2 fully saturated rings. The van der Waals surface area contributed by atoms with Crippen LogP contribution in [0.25, 0.3) is 6.08 Å². The van der Waals surface area contributed by atoms with Gasteiger partial charge in [0.1, 0.15) is 0 Å². The first-order chi connectivity index (χ1) is 11.2. The third-order valence-corrected chi connectivity index (χ3v) is 4.83. The predicted octanol–water partition coefficient (Wildman–Crippen LogP) is 3.33. The van der Waals surface area contributed by atoms with Crippen LogP contribution in [0.2, 0.25) is 0 Å². The van der Waals surface area contributed by atoms with Crippen molar-refractivity contribution in [3.8, 4) is 0 Å². The van der Waals surface area contributed by atoms with Crippen LogP contribution in [0.15, 0.2) is 35.9 Å². The molecule has 0 spiro atoms. The molecule has 3 rings (SSSR count). The van der Waals surface area contributed by atoms with Crippen LogP contribution in [-0.4, -0.2) is 37.0 Å². The van der Waals surface area contributed by atoms with E-state index in [1.54, 1.807) is 0 Å². The van der Waals surface area contributed by atoms with Gasteiger partial charge in [-0.25, -0.2) is 0 Å². The molecule has 0 unspecified atom stereocenters. The zero-order chi connectivity index (χ0) is 16.1. The standard InChI is InChI=1S/C20H28N2O/c1-16(13-17-5-3-2-4-6-17)14-22(20(23)19-7-8-19)15-18-9-11-21-12-10-18/h2-6,13,18-19,21H,7-12,14-15H2,1H3. The molecule has 23 heavy (non-hydrogen) atoms. The number of piperidine rings is 1. The Kier molecular flexibility index (Phi) is 5.50. The monoisotopic (exact) mass is 312 g/mol. The molecule has 1 heterocycles. The van der Waals surface area contributed by atoms with Gasteiger partial charge in [-0.15, -0.1) is 0 Å². The molecule has 1 saturated carbocycles. The average molecular weight is 312 g/mol. The van der Waals surface area contributed by atoms with Crippen LogP contribution in [0.5, 0.6) is 0 Å². The highest BCUT2D eigenvalue weighted by Gasteiger charge is 2.34. The van der Waals surface area contributed by atoms with Crippen molar-refractivity contribution in [2.45, 2.75) is 32.6 Å². The maximum atomic E-state index is 12.7. The molecule has 0 atom stereocenters. The normalized spacial score (nSPS) is 19.6. The van der Waals surface area contributed by atoms with Gasteiger partial charge in [-0.05, 0) is 57.2 Å². The molecule has 3 nitrogen and oxygen atoms in total. The van der Waals surface area contributed by atoms with E-state index in [9.17, 15) is 4.79 Å². The van der Waals surface area contributed by atoms with E-state index in [0.717, 1.165) is 39.0 Å². The van der Waals surface area contributed by atoms with Crippen molar-refractivity contribution >= 4 is 12.0 Å². The molecule has 1 aromatic carbocycles. The second-order valence-corrected chi connectivity index (χ2v) is 7.09. The van der Waals surface area contributed by atoms with Gasteiger partial charge in [0, 0.05) is 19.0 Å². The first-order valence-corrected chi connectivity index (χ1v) is 8.94. The Morgan fingerprint density at radius 3 is 2.52 bits per heavy atom. The summed E-state index contributed by atoms with van der Waals surface area (Å²) in [4.78, 5) is 14.8. The number of nitrogens with zero attached hydrogens (tertiary/aromatic N) is 1. The Balaban J connectivity index is 1.64. The van der Waals surface area contributed by atoms with Crippen molar-refractivity contribution < 1.29 is 4.79 Å². The highest BCUT2D eigenvalue weighted by atomic mass is 16.2. The number of hydrogen-bond acceptors (Lipinski definition) is 2. The largest absolute Gasteiger partial charge is 0.338 e. The third-order valence-electron chi connectivity index (χ3n) is 4.83. The molecular formula is C20H28N2O. The fourth-order valence-corrected chi connectivity index (χ4v) is 3.38. The lowest BCUT2D eigenvalue weighted by molar-refractivity contribution is -0.132. The lowest BCUT2D eigenvalue weighted by atomic mass is 9.97. The topological polar surface area (TPSA) is 32.3 Å². The van der Waals surface area contributed by atoms with Crippen molar-refractivity contribution in [1.29, 1.82) is 0 Å². The van der Waals surface area contributed by atoms with Crippen molar-refractivity contribution in [1.82, 2.24) is 10.2 Å². The van der Waals surface area contributed by atoms with Gasteiger partial charge in [0.2, 0.25) is 5.91 Å². The zero-order valence-electron chi connectivity index (χ0n) is 14.1. The molecule has 0 aromatic heterocycles. The van der Waals surface area contributed by atoms with E-state index in [-0.39, 0.29) is 0 Å². The molecule has 1 saturated heterocycles. The van der Waals surface area contributed by atoms with Gasteiger partial charge in [-0.2, -0.15) is 0 Å². The molecule has 1 aliphatic heterocycles. The van der Waals surface area contributed by atoms with E-state index < -0.39 is 0 Å². The van der Waals surface area contributed by atoms with Gasteiger partial charge in [0.05, 0.1) is 0 Å². The second-order valence-electron chi connectivity index (χ2n) is 7.09. The van der Waals surface area contributed by atoms with Crippen LogP contribution in [-0.2, 0) is 4.79 Å². The molecule has 1 aromatic rings. The Morgan fingerprint density at radius 1 is 1.17 bits per heavy atom. The van der Waals surface area contributed by atoms with E-state index in [1.165, 1.54) is 24.0 Å². The SMILES string of the molecule is CC(=Cc1ccccc1)CN(CC1CCNCC1)C(=O)C1CC1. The highest BCUT2D eigenvalue weighted by Crippen LogP contribution is 2.32. The van der Waals surface area contributed by atoms with Gasteiger partial charge >= 0.3 is 0 Å². The highest BCUT2D eigenvalue weighted by molar-refractivity contribution is 5.81. The Morgan fingerprint density at radius 2 is 1.87 bits per heavy atom. The number of carbonyl (C=O) groups excluding carboxylic acids is 1. The average Bonchev–Trinajstić information content (AvgIpc) is 3.40. The first kappa shape index (κ1) is 16.3. The predicted molar refractivity (Wildman–Crippen MR) is 95.0 cm³/mol. The number of amides is 1. The van der Waals surface area contributed by atoms with Crippen molar-refractivity contribution in [2.75, 3.05) is 26.2 Å². The minimum Gasteiger partial charge on any atom is -0.338 e. The lowest BCUT2D eigenvalue weighted by Gasteiger charge is -2.30. The minimum absolute atomic E-state index is 0.307. The Labute approximate surface area is 139 Å². The fourth-order valence-electron chi connectivity index (χ4n) is 3.38. The molecule has 3 heteroatoms. The van der Waals surface area contributed by atoms with Crippen LogP contribution in [0, 0.1) is 11.8 Å². The van der Waals surface area contributed by atoms with E-state index >= 15 is 0 Å². The molecule has 2 aliphatic rings. The summed E-state index contributed by atoms with van der Waals surface area (Å²) < 4.78 is 0. The third kappa shape index (κ3) is 4.93. The minimum atomic E-state index is 0.307. The van der Waals surface area contributed by atoms with Crippen molar-refractivity contribution in [3.63, 3.8) is 0 Å². The van der Waals surface area contributed by atoms with Crippen LogP contribution in [0.1, 0.15) is 38.2 Å². The molecule has 124 valence electrons. The molecular weight excluding hydrogens is 284 g/mol. The number of benzene rings is 1. The second kappa shape index (κ2) is 7.78. The Hall–Kier alpha value is -1.61. The van der Waals surface area contributed by atoms with Crippen molar-refractivity contribution in [2.24, 2.45) is 11.8 Å². The van der Waals surface area contributed by atoms with Gasteiger partial charge in [-0.1, -0.05) is 42.0 Å². The molecule has 0 bridgehead atoms. The zero-order valence-corrected chi connectivity index (χ0v) is 14.1. The summed E-state index contributed by atoms with van der Waals surface area (Å²) in [7, 11) is 0. The van der Waals surface area contributed by atoms with E-state index in [1.807, 2.05) is 6.07 Å². The first-order valence-electron chi connectivity index (χ1n) is 8.94. The van der Waals surface area contributed by atoms with Crippen LogP contribution < -0.4 is 5.32 Å². The van der Waals surface area contributed by atoms with Crippen molar-refractivity contribution in [3.05, 3.63) is 41.5 Å². The molecule has 1 N–H and O–H groups in total. The maximum Gasteiger partial charge on any atom is 0.225 e. The van der Waals surface area contributed by atoms with Gasteiger partial charge in [0.15, 0.2) is 0 Å². The van der Waals surface area contributed by atoms with Gasteiger partial charge in [-0.3, -0.25) is 4.79 Å². The van der Waals surface area contributed by atoms with E-state index in [2.05, 4.69) is 47.5 Å². The summed E-state index contributed by atoms with van der Waals surface area (Å²) in [6.07, 6.45) is 6.76.